The second kappa shape index (κ2) is 7.69. The van der Waals surface area contributed by atoms with Crippen molar-refractivity contribution in [1.29, 1.82) is 0 Å². The number of hydrogen-bond acceptors (Lipinski definition) is 6. The highest BCUT2D eigenvalue weighted by Gasteiger charge is 2.17. The summed E-state index contributed by atoms with van der Waals surface area (Å²) >= 11 is 1.54. The van der Waals surface area contributed by atoms with Crippen molar-refractivity contribution < 1.29 is 19.2 Å². The van der Waals surface area contributed by atoms with Gasteiger partial charge in [0.25, 0.3) is 11.6 Å². The summed E-state index contributed by atoms with van der Waals surface area (Å²) in [4.78, 5) is 23.7. The van der Waals surface area contributed by atoms with E-state index in [2.05, 4.69) is 5.32 Å². The van der Waals surface area contributed by atoms with Crippen LogP contribution in [0.2, 0.25) is 0 Å². The third kappa shape index (κ3) is 3.77. The number of nitro benzene ring substituents is 1. The lowest BCUT2D eigenvalue weighted by atomic mass is 10.1. The maximum absolute atomic E-state index is 12.5. The van der Waals surface area contributed by atoms with E-state index in [0.29, 0.717) is 17.0 Å². The highest BCUT2D eigenvalue weighted by molar-refractivity contribution is 7.98. The van der Waals surface area contributed by atoms with Crippen molar-refractivity contribution in [2.45, 2.75) is 4.90 Å². The van der Waals surface area contributed by atoms with Crippen molar-refractivity contribution in [2.24, 2.45) is 0 Å². The molecule has 0 heterocycles. The van der Waals surface area contributed by atoms with Crippen LogP contribution in [0.4, 0.5) is 11.4 Å². The largest absolute Gasteiger partial charge is 0.496 e. The van der Waals surface area contributed by atoms with Gasteiger partial charge in [-0.1, -0.05) is 0 Å². The van der Waals surface area contributed by atoms with Crippen LogP contribution in [0.3, 0.4) is 0 Å². The Balaban J connectivity index is 2.31. The molecular formula is C16H16N2O5S. The molecule has 126 valence electrons. The van der Waals surface area contributed by atoms with Crippen LogP contribution >= 0.6 is 11.8 Å². The molecule has 0 radical (unpaired) electrons. The van der Waals surface area contributed by atoms with Crippen molar-refractivity contribution in [2.75, 3.05) is 25.8 Å². The van der Waals surface area contributed by atoms with Crippen LogP contribution in [-0.2, 0) is 0 Å². The van der Waals surface area contributed by atoms with E-state index in [0.717, 1.165) is 4.90 Å². The first-order valence-electron chi connectivity index (χ1n) is 6.86. The van der Waals surface area contributed by atoms with Gasteiger partial charge in [-0.3, -0.25) is 14.9 Å². The average Bonchev–Trinajstić information content (AvgIpc) is 2.60. The number of methoxy groups -OCH3 is 2. The predicted octanol–water partition coefficient (Wildman–Crippen LogP) is 3.59. The fourth-order valence-electron chi connectivity index (χ4n) is 2.07. The summed E-state index contributed by atoms with van der Waals surface area (Å²) in [7, 11) is 2.87. The zero-order valence-corrected chi connectivity index (χ0v) is 14.2. The topological polar surface area (TPSA) is 90.7 Å². The van der Waals surface area contributed by atoms with Gasteiger partial charge in [-0.25, -0.2) is 0 Å². The van der Waals surface area contributed by atoms with Crippen molar-refractivity contribution in [3.05, 3.63) is 52.1 Å². The monoisotopic (exact) mass is 348 g/mol. The Morgan fingerprint density at radius 2 is 1.83 bits per heavy atom. The molecule has 0 aliphatic carbocycles. The quantitative estimate of drug-likeness (QED) is 0.487. The first kappa shape index (κ1) is 17.6. The Morgan fingerprint density at radius 3 is 2.42 bits per heavy atom. The molecule has 0 aliphatic rings. The number of carbonyl (C=O) groups excluding carboxylic acids is 1. The Hall–Kier alpha value is -2.74. The van der Waals surface area contributed by atoms with Crippen molar-refractivity contribution >= 4 is 29.0 Å². The number of ether oxygens (including phenoxy) is 2. The molecule has 7 nitrogen and oxygen atoms in total. The molecule has 0 saturated heterocycles. The number of amides is 1. The fraction of sp³-hybridized carbons (Fsp3) is 0.188. The van der Waals surface area contributed by atoms with E-state index in [1.54, 1.807) is 12.1 Å². The number of nitro groups is 1. The average molecular weight is 348 g/mol. The molecule has 0 aromatic heterocycles. The van der Waals surface area contributed by atoms with Crippen molar-refractivity contribution in [3.8, 4) is 11.5 Å². The molecule has 8 heteroatoms. The number of nitrogens with zero attached hydrogens (tertiary/aromatic N) is 1. The molecule has 2 aromatic carbocycles. The lowest BCUT2D eigenvalue weighted by Gasteiger charge is -2.12. The molecule has 2 rings (SSSR count). The summed E-state index contributed by atoms with van der Waals surface area (Å²) in [5, 5.41) is 13.5. The number of non-ortho nitro benzene ring substituents is 1. The lowest BCUT2D eigenvalue weighted by molar-refractivity contribution is -0.384. The molecule has 0 bridgehead atoms. The molecule has 0 fully saturated rings. The van der Waals surface area contributed by atoms with Gasteiger partial charge in [-0.05, 0) is 30.5 Å². The number of benzene rings is 2. The van der Waals surface area contributed by atoms with Gasteiger partial charge in [-0.15, -0.1) is 11.8 Å². The van der Waals surface area contributed by atoms with Crippen LogP contribution in [0.25, 0.3) is 0 Å². The summed E-state index contributed by atoms with van der Waals surface area (Å²) < 4.78 is 10.4. The van der Waals surface area contributed by atoms with E-state index in [1.807, 2.05) is 12.3 Å². The molecule has 0 aliphatic heterocycles. The van der Waals surface area contributed by atoms with Gasteiger partial charge < -0.3 is 14.8 Å². The van der Waals surface area contributed by atoms with Gasteiger partial charge >= 0.3 is 0 Å². The Kier molecular flexibility index (Phi) is 5.64. The van der Waals surface area contributed by atoms with Crippen LogP contribution in [0, 0.1) is 10.1 Å². The van der Waals surface area contributed by atoms with Gasteiger partial charge in [0.1, 0.15) is 11.5 Å². The van der Waals surface area contributed by atoms with Gasteiger partial charge in [0.2, 0.25) is 0 Å². The molecule has 2 aromatic rings. The summed E-state index contributed by atoms with van der Waals surface area (Å²) in [6, 6.07) is 9.23. The van der Waals surface area contributed by atoms with E-state index in [9.17, 15) is 14.9 Å². The third-order valence-corrected chi connectivity index (χ3v) is 4.02. The van der Waals surface area contributed by atoms with Gasteiger partial charge in [0, 0.05) is 11.0 Å². The second-order valence-electron chi connectivity index (χ2n) is 4.66. The molecule has 0 saturated carbocycles. The Morgan fingerprint density at radius 1 is 1.12 bits per heavy atom. The zero-order valence-electron chi connectivity index (χ0n) is 13.4. The number of nitrogens with one attached hydrogen (secondary N) is 1. The predicted molar refractivity (Wildman–Crippen MR) is 92.4 cm³/mol. The summed E-state index contributed by atoms with van der Waals surface area (Å²) in [5.74, 6) is 0.254. The molecule has 1 amide bonds. The highest BCUT2D eigenvalue weighted by atomic mass is 32.2. The van der Waals surface area contributed by atoms with E-state index in [-0.39, 0.29) is 11.4 Å². The van der Waals surface area contributed by atoms with Gasteiger partial charge in [0.15, 0.2) is 0 Å². The van der Waals surface area contributed by atoms with E-state index < -0.39 is 10.8 Å². The number of anilines is 1. The Labute approximate surface area is 143 Å². The summed E-state index contributed by atoms with van der Waals surface area (Å²) in [6.45, 7) is 0. The smallest absolute Gasteiger partial charge is 0.273 e. The minimum absolute atomic E-state index is 0.119. The normalized spacial score (nSPS) is 10.1. The standard InChI is InChI=1S/C16H16N2O5S/c1-22-14-9-11(24-3)5-6-12(14)16(19)17-13-7-4-10(18(20)21)8-15(13)23-2/h4-9H,1-3H3,(H,17,19). The van der Waals surface area contributed by atoms with Crippen LogP contribution < -0.4 is 14.8 Å². The zero-order chi connectivity index (χ0) is 17.7. The molecule has 24 heavy (non-hydrogen) atoms. The summed E-state index contributed by atoms with van der Waals surface area (Å²) in [6.07, 6.45) is 1.93. The Bertz CT molecular complexity index is 779. The minimum atomic E-state index is -0.529. The van der Waals surface area contributed by atoms with Crippen LogP contribution in [0.15, 0.2) is 41.3 Å². The molecule has 0 unspecified atom stereocenters. The summed E-state index contributed by atoms with van der Waals surface area (Å²) in [5.41, 5.74) is 0.576. The van der Waals surface area contributed by atoms with Crippen LogP contribution in [0.5, 0.6) is 11.5 Å². The van der Waals surface area contributed by atoms with E-state index in [1.165, 1.54) is 44.2 Å². The molecule has 0 atom stereocenters. The number of rotatable bonds is 6. The van der Waals surface area contributed by atoms with Gasteiger partial charge in [-0.2, -0.15) is 0 Å². The van der Waals surface area contributed by atoms with Crippen molar-refractivity contribution in [3.63, 3.8) is 0 Å². The number of thioether (sulfide) groups is 1. The first-order chi connectivity index (χ1) is 11.5. The lowest BCUT2D eigenvalue weighted by Crippen LogP contribution is -2.14. The van der Waals surface area contributed by atoms with Crippen molar-refractivity contribution in [1.82, 2.24) is 0 Å². The number of hydrogen-bond donors (Lipinski definition) is 1. The molecular weight excluding hydrogens is 332 g/mol. The van der Waals surface area contributed by atoms with E-state index >= 15 is 0 Å². The molecule has 1 N–H and O–H groups in total. The second-order valence-corrected chi connectivity index (χ2v) is 5.54. The highest BCUT2D eigenvalue weighted by Crippen LogP contribution is 2.31. The van der Waals surface area contributed by atoms with E-state index in [4.69, 9.17) is 9.47 Å². The van der Waals surface area contributed by atoms with Gasteiger partial charge in [0.05, 0.1) is 36.5 Å². The van der Waals surface area contributed by atoms with Crippen LogP contribution in [-0.4, -0.2) is 31.3 Å². The minimum Gasteiger partial charge on any atom is -0.496 e. The van der Waals surface area contributed by atoms with Crippen LogP contribution in [0.1, 0.15) is 10.4 Å². The third-order valence-electron chi connectivity index (χ3n) is 3.30. The first-order valence-corrected chi connectivity index (χ1v) is 8.08. The fourth-order valence-corrected chi connectivity index (χ4v) is 2.50. The SMILES string of the molecule is COc1cc([N+](=O)[O-])ccc1NC(=O)c1ccc(SC)cc1OC. The number of carbonyl (C=O) groups is 1. The maximum Gasteiger partial charge on any atom is 0.273 e. The molecule has 0 spiro atoms. The maximum atomic E-state index is 12.5.